The van der Waals surface area contributed by atoms with E-state index in [2.05, 4.69) is 39.4 Å². The van der Waals surface area contributed by atoms with E-state index in [0.29, 0.717) is 11.6 Å². The minimum atomic E-state index is -0.436. The van der Waals surface area contributed by atoms with Crippen LogP contribution in [0.15, 0.2) is 53.0 Å². The molecule has 2 aromatic carbocycles. The van der Waals surface area contributed by atoms with E-state index in [0.717, 1.165) is 55.4 Å². The minimum Gasteiger partial charge on any atom is -0.381 e. The summed E-state index contributed by atoms with van der Waals surface area (Å²) in [6.45, 7) is 2.08. The van der Waals surface area contributed by atoms with E-state index in [1.165, 1.54) is 5.56 Å². The number of benzene rings is 2. The standard InChI is InChI=1S/C23H25BrClNO2/c24-19-6-1-4-17(14-19)22(10-12-28-13-11-22)16-26-21(27)23(8-3-9-23)18-5-2-7-20(25)15-18/h1-2,4-7,14-15H,3,8-13,16H2,(H,26,27). The highest BCUT2D eigenvalue weighted by Crippen LogP contribution is 2.45. The highest BCUT2D eigenvalue weighted by molar-refractivity contribution is 9.10. The average molecular weight is 463 g/mol. The van der Waals surface area contributed by atoms with Crippen molar-refractivity contribution in [3.8, 4) is 0 Å². The molecule has 5 heteroatoms. The van der Waals surface area contributed by atoms with E-state index >= 15 is 0 Å². The molecule has 1 amide bonds. The summed E-state index contributed by atoms with van der Waals surface area (Å²) in [5, 5.41) is 4.01. The molecule has 0 spiro atoms. The molecule has 0 atom stereocenters. The smallest absolute Gasteiger partial charge is 0.230 e. The number of hydrogen-bond donors (Lipinski definition) is 1. The Hall–Kier alpha value is -1.36. The lowest BCUT2D eigenvalue weighted by Gasteiger charge is -2.43. The summed E-state index contributed by atoms with van der Waals surface area (Å²) in [5.41, 5.74) is 1.77. The van der Waals surface area contributed by atoms with Crippen molar-refractivity contribution >= 4 is 33.4 Å². The maximum absolute atomic E-state index is 13.3. The number of nitrogens with one attached hydrogen (secondary N) is 1. The highest BCUT2D eigenvalue weighted by atomic mass is 79.9. The van der Waals surface area contributed by atoms with Crippen molar-refractivity contribution in [2.24, 2.45) is 0 Å². The Morgan fingerprint density at radius 3 is 2.39 bits per heavy atom. The molecule has 148 valence electrons. The number of rotatable bonds is 5. The molecule has 1 N–H and O–H groups in total. The van der Waals surface area contributed by atoms with Crippen molar-refractivity contribution in [3.05, 3.63) is 69.2 Å². The van der Waals surface area contributed by atoms with Crippen LogP contribution in [0.4, 0.5) is 0 Å². The molecule has 1 aliphatic carbocycles. The maximum atomic E-state index is 13.3. The van der Waals surface area contributed by atoms with Gasteiger partial charge in [0.15, 0.2) is 0 Å². The van der Waals surface area contributed by atoms with Gasteiger partial charge in [0.05, 0.1) is 5.41 Å². The van der Waals surface area contributed by atoms with E-state index in [1.807, 2.05) is 30.3 Å². The van der Waals surface area contributed by atoms with Crippen LogP contribution in [0.25, 0.3) is 0 Å². The first-order valence-electron chi connectivity index (χ1n) is 9.92. The average Bonchev–Trinajstić information content (AvgIpc) is 2.66. The second-order valence-corrected chi connectivity index (χ2v) is 9.38. The van der Waals surface area contributed by atoms with Crippen LogP contribution in [0.2, 0.25) is 5.02 Å². The van der Waals surface area contributed by atoms with E-state index in [9.17, 15) is 4.79 Å². The van der Waals surface area contributed by atoms with E-state index in [-0.39, 0.29) is 11.3 Å². The molecular formula is C23H25BrClNO2. The summed E-state index contributed by atoms with van der Waals surface area (Å²) in [7, 11) is 0. The number of carbonyl (C=O) groups excluding carboxylic acids is 1. The second-order valence-electron chi connectivity index (χ2n) is 8.03. The van der Waals surface area contributed by atoms with Gasteiger partial charge in [-0.05, 0) is 61.1 Å². The third kappa shape index (κ3) is 3.74. The molecule has 2 aromatic rings. The monoisotopic (exact) mass is 461 g/mol. The first-order valence-corrected chi connectivity index (χ1v) is 11.1. The Balaban J connectivity index is 1.56. The van der Waals surface area contributed by atoms with Crippen LogP contribution < -0.4 is 5.32 Å². The summed E-state index contributed by atoms with van der Waals surface area (Å²) >= 11 is 9.79. The van der Waals surface area contributed by atoms with Gasteiger partial charge in [0, 0.05) is 34.7 Å². The first-order chi connectivity index (χ1) is 13.5. The lowest BCUT2D eigenvalue weighted by atomic mass is 9.63. The van der Waals surface area contributed by atoms with Crippen LogP contribution in [0.3, 0.4) is 0 Å². The van der Waals surface area contributed by atoms with Gasteiger partial charge in [0.2, 0.25) is 5.91 Å². The normalized spacial score (nSPS) is 20.2. The topological polar surface area (TPSA) is 38.3 Å². The maximum Gasteiger partial charge on any atom is 0.230 e. The summed E-state index contributed by atoms with van der Waals surface area (Å²) in [4.78, 5) is 13.3. The second kappa shape index (κ2) is 8.17. The molecule has 1 saturated heterocycles. The van der Waals surface area contributed by atoms with Crippen molar-refractivity contribution in [2.75, 3.05) is 19.8 Å². The molecule has 1 saturated carbocycles. The minimum absolute atomic E-state index is 0.0863. The fraction of sp³-hybridized carbons (Fsp3) is 0.435. The summed E-state index contributed by atoms with van der Waals surface area (Å²) in [5.74, 6) is 0.127. The zero-order valence-corrected chi connectivity index (χ0v) is 18.2. The molecular weight excluding hydrogens is 438 g/mol. The molecule has 3 nitrogen and oxygen atoms in total. The summed E-state index contributed by atoms with van der Waals surface area (Å²) in [6.07, 6.45) is 4.66. The third-order valence-corrected chi connectivity index (χ3v) is 7.22. The molecule has 0 bridgehead atoms. The number of carbonyl (C=O) groups is 1. The van der Waals surface area contributed by atoms with Gasteiger partial charge in [0.25, 0.3) is 0 Å². The Bertz CT molecular complexity index is 859. The largest absolute Gasteiger partial charge is 0.381 e. The van der Waals surface area contributed by atoms with Crippen LogP contribution in [-0.2, 0) is 20.4 Å². The number of ether oxygens (including phenoxy) is 1. The van der Waals surface area contributed by atoms with E-state index in [1.54, 1.807) is 0 Å². The third-order valence-electron chi connectivity index (χ3n) is 6.49. The van der Waals surface area contributed by atoms with Crippen LogP contribution in [-0.4, -0.2) is 25.7 Å². The first kappa shape index (κ1) is 19.9. The quantitative estimate of drug-likeness (QED) is 0.647. The van der Waals surface area contributed by atoms with Gasteiger partial charge in [-0.25, -0.2) is 0 Å². The SMILES string of the molecule is O=C(NCC1(c2cccc(Br)c2)CCOCC1)C1(c2cccc(Cl)c2)CCC1. The molecule has 2 aliphatic rings. The number of amides is 1. The molecule has 4 rings (SSSR count). The molecule has 1 heterocycles. The van der Waals surface area contributed by atoms with Crippen LogP contribution >= 0.6 is 27.5 Å². The fourth-order valence-corrected chi connectivity index (χ4v) is 5.12. The van der Waals surface area contributed by atoms with Gasteiger partial charge < -0.3 is 10.1 Å². The highest BCUT2D eigenvalue weighted by Gasteiger charge is 2.46. The van der Waals surface area contributed by atoms with Gasteiger partial charge in [-0.15, -0.1) is 0 Å². The predicted molar refractivity (Wildman–Crippen MR) is 116 cm³/mol. The summed E-state index contributed by atoms with van der Waals surface area (Å²) < 4.78 is 6.69. The Labute approximate surface area is 179 Å². The van der Waals surface area contributed by atoms with Crippen LogP contribution in [0.1, 0.15) is 43.2 Å². The van der Waals surface area contributed by atoms with Crippen molar-refractivity contribution in [1.29, 1.82) is 0 Å². The molecule has 2 fully saturated rings. The molecule has 0 aromatic heterocycles. The zero-order valence-electron chi connectivity index (χ0n) is 15.8. The van der Waals surface area contributed by atoms with Gasteiger partial charge in [-0.3, -0.25) is 4.79 Å². The molecule has 0 radical (unpaired) electrons. The van der Waals surface area contributed by atoms with Crippen molar-refractivity contribution in [3.63, 3.8) is 0 Å². The van der Waals surface area contributed by atoms with Crippen molar-refractivity contribution in [2.45, 2.75) is 42.9 Å². The Kier molecular flexibility index (Phi) is 5.82. The van der Waals surface area contributed by atoms with E-state index < -0.39 is 5.41 Å². The van der Waals surface area contributed by atoms with E-state index in [4.69, 9.17) is 16.3 Å². The van der Waals surface area contributed by atoms with Gasteiger partial charge in [-0.2, -0.15) is 0 Å². The molecule has 28 heavy (non-hydrogen) atoms. The number of halogens is 2. The molecule has 0 unspecified atom stereocenters. The van der Waals surface area contributed by atoms with Gasteiger partial charge in [-0.1, -0.05) is 58.2 Å². The predicted octanol–water partition coefficient (Wildman–Crippen LogP) is 5.39. The Morgan fingerprint density at radius 2 is 1.75 bits per heavy atom. The van der Waals surface area contributed by atoms with Crippen molar-refractivity contribution in [1.82, 2.24) is 5.32 Å². The lowest BCUT2D eigenvalue weighted by Crippen LogP contribution is -2.53. The van der Waals surface area contributed by atoms with Crippen LogP contribution in [0, 0.1) is 0 Å². The Morgan fingerprint density at radius 1 is 1.04 bits per heavy atom. The lowest BCUT2D eigenvalue weighted by molar-refractivity contribution is -0.130. The van der Waals surface area contributed by atoms with Crippen molar-refractivity contribution < 1.29 is 9.53 Å². The fourth-order valence-electron chi connectivity index (χ4n) is 4.53. The molecule has 1 aliphatic heterocycles. The summed E-state index contributed by atoms with van der Waals surface area (Å²) in [6, 6.07) is 16.2. The van der Waals surface area contributed by atoms with Gasteiger partial charge >= 0.3 is 0 Å². The van der Waals surface area contributed by atoms with Gasteiger partial charge in [0.1, 0.15) is 0 Å². The zero-order chi connectivity index (χ0) is 19.6. The van der Waals surface area contributed by atoms with Crippen LogP contribution in [0.5, 0.6) is 0 Å². The number of hydrogen-bond acceptors (Lipinski definition) is 2.